The predicted molar refractivity (Wildman–Crippen MR) is 79.2 cm³/mol. The second kappa shape index (κ2) is 5.27. The maximum absolute atomic E-state index is 8.90. The number of pyridine rings is 1. The average molecular weight is 280 g/mol. The molecule has 3 aromatic rings. The Bertz CT molecular complexity index is 765. The molecule has 1 N–H and O–H groups in total. The van der Waals surface area contributed by atoms with E-state index in [2.05, 4.69) is 27.9 Å². The van der Waals surface area contributed by atoms with Gasteiger partial charge in [-0.2, -0.15) is 5.26 Å². The van der Waals surface area contributed by atoms with Gasteiger partial charge in [0.25, 0.3) is 0 Å². The lowest BCUT2D eigenvalue weighted by Gasteiger charge is -1.98. The Morgan fingerprint density at radius 2 is 2.25 bits per heavy atom. The molecule has 0 amide bonds. The van der Waals surface area contributed by atoms with Crippen molar-refractivity contribution in [2.24, 2.45) is 0 Å². The molecule has 0 fully saturated rings. The van der Waals surface area contributed by atoms with Gasteiger partial charge in [0.2, 0.25) is 0 Å². The predicted octanol–water partition coefficient (Wildman–Crippen LogP) is 3.63. The number of hydrogen-bond donors (Lipinski definition) is 1. The van der Waals surface area contributed by atoms with Gasteiger partial charge >= 0.3 is 0 Å². The molecule has 0 aromatic carbocycles. The zero-order valence-electron chi connectivity index (χ0n) is 10.9. The van der Waals surface area contributed by atoms with Crippen LogP contribution in [-0.2, 0) is 6.42 Å². The molecule has 0 atom stereocenters. The number of aryl methyl sites for hydroxylation is 1. The van der Waals surface area contributed by atoms with Crippen LogP contribution >= 0.6 is 11.3 Å². The Morgan fingerprint density at radius 3 is 2.90 bits per heavy atom. The van der Waals surface area contributed by atoms with Gasteiger partial charge in [0.1, 0.15) is 16.8 Å². The third kappa shape index (κ3) is 2.22. The van der Waals surface area contributed by atoms with Crippen molar-refractivity contribution >= 4 is 11.3 Å². The summed E-state index contributed by atoms with van der Waals surface area (Å²) in [5.74, 6) is 0.812. The third-order valence-electron chi connectivity index (χ3n) is 3.02. The smallest absolute Gasteiger partial charge is 0.148 e. The number of nitrogens with zero attached hydrogens (tertiary/aromatic N) is 3. The van der Waals surface area contributed by atoms with E-state index in [-0.39, 0.29) is 0 Å². The van der Waals surface area contributed by atoms with Crippen LogP contribution in [0.4, 0.5) is 0 Å². The average Bonchev–Trinajstić information content (AvgIpc) is 3.14. The van der Waals surface area contributed by atoms with Crippen molar-refractivity contribution < 1.29 is 0 Å². The minimum atomic E-state index is 0.692. The molecule has 0 aliphatic rings. The number of nitriles is 1. The maximum Gasteiger partial charge on any atom is 0.148 e. The lowest BCUT2D eigenvalue weighted by atomic mass is 10.1. The van der Waals surface area contributed by atoms with Crippen LogP contribution in [0.15, 0.2) is 36.7 Å². The Hall–Kier alpha value is -2.45. The van der Waals surface area contributed by atoms with Gasteiger partial charge in [-0.1, -0.05) is 6.92 Å². The summed E-state index contributed by atoms with van der Waals surface area (Å²) in [6.45, 7) is 2.09. The highest BCUT2D eigenvalue weighted by molar-refractivity contribution is 7.15. The molecule has 98 valence electrons. The number of H-pyrrole nitrogens is 1. The van der Waals surface area contributed by atoms with E-state index in [9.17, 15) is 0 Å². The summed E-state index contributed by atoms with van der Waals surface area (Å²) in [5, 5.41) is 8.90. The summed E-state index contributed by atoms with van der Waals surface area (Å²) in [4.78, 5) is 13.8. The first kappa shape index (κ1) is 12.6. The number of nitrogens with one attached hydrogen (secondary N) is 1. The fraction of sp³-hybridized carbons (Fsp3) is 0.133. The molecular weight excluding hydrogens is 268 g/mol. The van der Waals surface area contributed by atoms with Crippen molar-refractivity contribution in [3.63, 3.8) is 0 Å². The largest absolute Gasteiger partial charge is 0.341 e. The molecule has 0 spiro atoms. The van der Waals surface area contributed by atoms with E-state index in [0.29, 0.717) is 4.88 Å². The molecule has 3 aromatic heterocycles. The van der Waals surface area contributed by atoms with Gasteiger partial charge in [0.05, 0.1) is 10.6 Å². The van der Waals surface area contributed by atoms with Gasteiger partial charge in [0.15, 0.2) is 0 Å². The topological polar surface area (TPSA) is 65.4 Å². The van der Waals surface area contributed by atoms with Gasteiger partial charge in [0, 0.05) is 23.7 Å². The van der Waals surface area contributed by atoms with Crippen LogP contribution in [0.3, 0.4) is 0 Å². The second-order valence-electron chi connectivity index (χ2n) is 4.28. The zero-order chi connectivity index (χ0) is 13.9. The molecule has 0 aliphatic heterocycles. The summed E-state index contributed by atoms with van der Waals surface area (Å²) in [6.07, 6.45) is 4.43. The molecule has 5 heteroatoms. The van der Waals surface area contributed by atoms with Crippen LogP contribution < -0.4 is 0 Å². The fourth-order valence-corrected chi connectivity index (χ4v) is 2.80. The minimum absolute atomic E-state index is 0.692. The molecular formula is C15H12N4S. The van der Waals surface area contributed by atoms with E-state index in [1.54, 1.807) is 6.20 Å². The summed E-state index contributed by atoms with van der Waals surface area (Å²) in [6, 6.07) is 9.80. The highest BCUT2D eigenvalue weighted by Crippen LogP contribution is 2.30. The van der Waals surface area contributed by atoms with Gasteiger partial charge in [-0.25, -0.2) is 4.98 Å². The summed E-state index contributed by atoms with van der Waals surface area (Å²) < 4.78 is 0. The first-order chi connectivity index (χ1) is 9.81. The van der Waals surface area contributed by atoms with Gasteiger partial charge in [-0.3, -0.25) is 4.98 Å². The summed E-state index contributed by atoms with van der Waals surface area (Å²) in [7, 11) is 0. The lowest BCUT2D eigenvalue weighted by Crippen LogP contribution is -1.86. The minimum Gasteiger partial charge on any atom is -0.341 e. The highest BCUT2D eigenvalue weighted by atomic mass is 32.1. The normalized spacial score (nSPS) is 10.4. The molecule has 3 heterocycles. The maximum atomic E-state index is 8.90. The third-order valence-corrected chi connectivity index (χ3v) is 4.01. The van der Waals surface area contributed by atoms with Crippen molar-refractivity contribution in [1.82, 2.24) is 15.0 Å². The molecule has 0 radical (unpaired) electrons. The lowest BCUT2D eigenvalue weighted by molar-refractivity contribution is 1.07. The fourth-order valence-electron chi connectivity index (χ4n) is 2.05. The van der Waals surface area contributed by atoms with Crippen molar-refractivity contribution in [2.45, 2.75) is 13.3 Å². The second-order valence-corrected chi connectivity index (χ2v) is 5.37. The quantitative estimate of drug-likeness (QED) is 0.796. The van der Waals surface area contributed by atoms with Crippen molar-refractivity contribution in [3.8, 4) is 28.0 Å². The van der Waals surface area contributed by atoms with Crippen LogP contribution in [-0.4, -0.2) is 15.0 Å². The van der Waals surface area contributed by atoms with Gasteiger partial charge < -0.3 is 4.98 Å². The van der Waals surface area contributed by atoms with Crippen molar-refractivity contribution in [3.05, 3.63) is 47.2 Å². The molecule has 0 saturated carbocycles. The Kier molecular flexibility index (Phi) is 3.32. The van der Waals surface area contributed by atoms with E-state index in [0.717, 1.165) is 34.1 Å². The van der Waals surface area contributed by atoms with Gasteiger partial charge in [-0.05, 0) is 30.7 Å². The van der Waals surface area contributed by atoms with E-state index >= 15 is 0 Å². The molecule has 20 heavy (non-hydrogen) atoms. The van der Waals surface area contributed by atoms with E-state index in [1.807, 2.05) is 30.5 Å². The number of hydrogen-bond acceptors (Lipinski definition) is 4. The Labute approximate surface area is 120 Å². The Balaban J connectivity index is 2.07. The number of aromatic nitrogens is 3. The first-order valence-electron chi connectivity index (χ1n) is 6.31. The summed E-state index contributed by atoms with van der Waals surface area (Å²) in [5.41, 5.74) is 3.02. The number of aromatic amines is 1. The van der Waals surface area contributed by atoms with E-state index in [1.165, 1.54) is 11.3 Å². The van der Waals surface area contributed by atoms with E-state index in [4.69, 9.17) is 5.26 Å². The molecule has 0 unspecified atom stereocenters. The molecule has 0 saturated heterocycles. The molecule has 3 rings (SSSR count). The number of imidazole rings is 1. The van der Waals surface area contributed by atoms with Crippen LogP contribution in [0.25, 0.3) is 22.0 Å². The van der Waals surface area contributed by atoms with Crippen LogP contribution in [0.5, 0.6) is 0 Å². The zero-order valence-corrected chi connectivity index (χ0v) is 11.7. The van der Waals surface area contributed by atoms with E-state index < -0.39 is 0 Å². The summed E-state index contributed by atoms with van der Waals surface area (Å²) >= 11 is 1.44. The van der Waals surface area contributed by atoms with Crippen LogP contribution in [0.1, 0.15) is 17.5 Å². The number of thiophene rings is 1. The number of rotatable bonds is 3. The Morgan fingerprint density at radius 1 is 1.35 bits per heavy atom. The highest BCUT2D eigenvalue weighted by Gasteiger charge is 2.13. The van der Waals surface area contributed by atoms with Crippen molar-refractivity contribution in [1.29, 1.82) is 5.26 Å². The molecule has 0 bridgehead atoms. The van der Waals surface area contributed by atoms with Crippen LogP contribution in [0, 0.1) is 11.3 Å². The van der Waals surface area contributed by atoms with Crippen molar-refractivity contribution in [2.75, 3.05) is 0 Å². The van der Waals surface area contributed by atoms with Gasteiger partial charge in [-0.15, -0.1) is 11.3 Å². The SMILES string of the molecule is CCc1[nH]c(-c2ccc(C#N)s2)nc1-c1cccnc1. The molecule has 4 nitrogen and oxygen atoms in total. The first-order valence-corrected chi connectivity index (χ1v) is 7.13. The standard InChI is InChI=1S/C15H12N4S/c1-2-12-14(10-4-3-7-17-9-10)19-15(18-12)13-6-5-11(8-16)20-13/h3-7,9H,2H2,1H3,(H,18,19). The monoisotopic (exact) mass is 280 g/mol. The molecule has 0 aliphatic carbocycles. The van der Waals surface area contributed by atoms with Crippen LogP contribution in [0.2, 0.25) is 0 Å².